The molecule has 0 aliphatic rings. The largest absolute Gasteiger partial charge is 0.508 e. The lowest BCUT2D eigenvalue weighted by Crippen LogP contribution is -2.42. The number of benzene rings is 1. The van der Waals surface area contributed by atoms with Crippen molar-refractivity contribution in [2.75, 3.05) is 7.11 Å². The van der Waals surface area contributed by atoms with Gasteiger partial charge in [-0.25, -0.2) is 4.79 Å². The number of phenolic OH excluding ortho intramolecular Hbond substituents is 1. The van der Waals surface area contributed by atoms with E-state index >= 15 is 0 Å². The first-order valence-corrected chi connectivity index (χ1v) is 5.72. The number of amides is 1. The molecule has 0 fully saturated rings. The Bertz CT molecular complexity index is 414. The lowest BCUT2D eigenvalue weighted by Gasteiger charge is -2.16. The minimum absolute atomic E-state index is 0.158. The molecule has 0 saturated carbocycles. The first-order valence-electron chi connectivity index (χ1n) is 5.72. The zero-order valence-electron chi connectivity index (χ0n) is 10.5. The molecular weight excluding hydrogens is 234 g/mol. The maximum absolute atomic E-state index is 11.5. The van der Waals surface area contributed by atoms with Gasteiger partial charge in [-0.3, -0.25) is 4.79 Å². The van der Waals surface area contributed by atoms with Crippen molar-refractivity contribution in [3.63, 3.8) is 0 Å². The quantitative estimate of drug-likeness (QED) is 0.766. The van der Waals surface area contributed by atoms with E-state index in [-0.39, 0.29) is 11.7 Å². The predicted octanol–water partition coefficient (Wildman–Crippen LogP) is 1.00. The van der Waals surface area contributed by atoms with Crippen LogP contribution < -0.4 is 5.32 Å². The number of rotatable bonds is 5. The van der Waals surface area contributed by atoms with Crippen LogP contribution in [0.3, 0.4) is 0 Å². The van der Waals surface area contributed by atoms with Crippen LogP contribution in [-0.2, 0) is 20.7 Å². The molecule has 0 spiro atoms. The summed E-state index contributed by atoms with van der Waals surface area (Å²) in [5, 5.41) is 11.8. The van der Waals surface area contributed by atoms with Crippen LogP contribution in [0, 0.1) is 0 Å². The highest BCUT2D eigenvalue weighted by molar-refractivity contribution is 5.84. The molecule has 0 unspecified atom stereocenters. The molecule has 98 valence electrons. The fourth-order valence-electron chi connectivity index (χ4n) is 1.50. The summed E-state index contributed by atoms with van der Waals surface area (Å²) in [5.41, 5.74) is 0.833. The summed E-state index contributed by atoms with van der Waals surface area (Å²) in [6.45, 7) is 1.71. The molecule has 0 aromatic heterocycles. The number of nitrogens with one attached hydrogen (secondary N) is 1. The van der Waals surface area contributed by atoms with Gasteiger partial charge < -0.3 is 15.2 Å². The Morgan fingerprint density at radius 1 is 1.33 bits per heavy atom. The molecule has 1 aromatic rings. The maximum Gasteiger partial charge on any atom is 0.328 e. The van der Waals surface area contributed by atoms with E-state index in [9.17, 15) is 9.59 Å². The number of carbonyl (C=O) groups is 2. The van der Waals surface area contributed by atoms with Crippen molar-refractivity contribution in [1.82, 2.24) is 5.32 Å². The highest BCUT2D eigenvalue weighted by Crippen LogP contribution is 2.11. The number of aromatic hydroxyl groups is 1. The van der Waals surface area contributed by atoms with Crippen molar-refractivity contribution < 1.29 is 19.4 Å². The smallest absolute Gasteiger partial charge is 0.328 e. The molecule has 1 rings (SSSR count). The third-order valence-corrected chi connectivity index (χ3v) is 2.52. The third kappa shape index (κ3) is 4.08. The van der Waals surface area contributed by atoms with Gasteiger partial charge in [-0.05, 0) is 17.7 Å². The SMILES string of the molecule is CCC(=O)N[C@@H](Cc1ccc(O)cc1)C(=O)OC. The van der Waals surface area contributed by atoms with Gasteiger partial charge in [0, 0.05) is 12.8 Å². The standard InChI is InChI=1S/C13H17NO4/c1-3-12(16)14-11(13(17)18-2)8-9-4-6-10(15)7-5-9/h4-7,11,15H,3,8H2,1-2H3,(H,14,16)/t11-/m0/s1. The van der Waals surface area contributed by atoms with Crippen LogP contribution in [0.5, 0.6) is 5.75 Å². The van der Waals surface area contributed by atoms with Crippen molar-refractivity contribution >= 4 is 11.9 Å². The molecule has 0 aliphatic heterocycles. The van der Waals surface area contributed by atoms with Crippen molar-refractivity contribution in [3.8, 4) is 5.75 Å². The molecule has 5 nitrogen and oxygen atoms in total. The van der Waals surface area contributed by atoms with E-state index in [2.05, 4.69) is 10.1 Å². The van der Waals surface area contributed by atoms with E-state index in [1.165, 1.54) is 19.2 Å². The average Bonchev–Trinajstić information content (AvgIpc) is 2.39. The topological polar surface area (TPSA) is 75.6 Å². The Balaban J connectivity index is 2.74. The molecular formula is C13H17NO4. The summed E-state index contributed by atoms with van der Waals surface area (Å²) in [4.78, 5) is 22.9. The van der Waals surface area contributed by atoms with Crippen LogP contribution >= 0.6 is 0 Å². The van der Waals surface area contributed by atoms with Crippen LogP contribution in [0.4, 0.5) is 0 Å². The summed E-state index contributed by atoms with van der Waals surface area (Å²) in [6.07, 6.45) is 0.641. The van der Waals surface area contributed by atoms with E-state index < -0.39 is 12.0 Å². The number of methoxy groups -OCH3 is 1. The predicted molar refractivity (Wildman–Crippen MR) is 66.0 cm³/mol. The Labute approximate surface area is 106 Å². The second-order valence-corrected chi connectivity index (χ2v) is 3.87. The fourth-order valence-corrected chi connectivity index (χ4v) is 1.50. The minimum Gasteiger partial charge on any atom is -0.508 e. The minimum atomic E-state index is -0.702. The zero-order chi connectivity index (χ0) is 13.5. The van der Waals surface area contributed by atoms with Crippen molar-refractivity contribution in [2.45, 2.75) is 25.8 Å². The van der Waals surface area contributed by atoms with Gasteiger partial charge in [0.15, 0.2) is 0 Å². The van der Waals surface area contributed by atoms with Gasteiger partial charge in [0.25, 0.3) is 0 Å². The second-order valence-electron chi connectivity index (χ2n) is 3.87. The first kappa shape index (κ1) is 14.0. The monoisotopic (exact) mass is 251 g/mol. The fraction of sp³-hybridized carbons (Fsp3) is 0.385. The molecule has 18 heavy (non-hydrogen) atoms. The molecule has 1 aromatic carbocycles. The van der Waals surface area contributed by atoms with E-state index in [4.69, 9.17) is 5.11 Å². The van der Waals surface area contributed by atoms with E-state index in [1.807, 2.05) is 0 Å². The van der Waals surface area contributed by atoms with Gasteiger partial charge in [0.2, 0.25) is 5.91 Å². The summed E-state index contributed by atoms with van der Waals surface area (Å²) in [6, 6.07) is 5.76. The number of hydrogen-bond acceptors (Lipinski definition) is 4. The highest BCUT2D eigenvalue weighted by atomic mass is 16.5. The Morgan fingerprint density at radius 3 is 2.44 bits per heavy atom. The summed E-state index contributed by atoms with van der Waals surface area (Å²) in [5.74, 6) is -0.528. The molecule has 5 heteroatoms. The summed E-state index contributed by atoms with van der Waals surface area (Å²) < 4.78 is 4.65. The van der Waals surface area contributed by atoms with Crippen LogP contribution in [-0.4, -0.2) is 30.1 Å². The zero-order valence-corrected chi connectivity index (χ0v) is 10.5. The van der Waals surface area contributed by atoms with Crippen LogP contribution in [0.25, 0.3) is 0 Å². The number of phenols is 1. The average molecular weight is 251 g/mol. The van der Waals surface area contributed by atoms with Crippen LogP contribution in [0.15, 0.2) is 24.3 Å². The number of ether oxygens (including phenoxy) is 1. The lowest BCUT2D eigenvalue weighted by molar-refractivity contribution is -0.145. The van der Waals surface area contributed by atoms with Gasteiger partial charge in [-0.15, -0.1) is 0 Å². The molecule has 1 atom stereocenters. The maximum atomic E-state index is 11.5. The second kappa shape index (κ2) is 6.64. The van der Waals surface area contributed by atoms with Crippen molar-refractivity contribution in [3.05, 3.63) is 29.8 Å². The summed E-state index contributed by atoms with van der Waals surface area (Å²) in [7, 11) is 1.28. The molecule has 0 heterocycles. The van der Waals surface area contributed by atoms with Gasteiger partial charge in [-0.1, -0.05) is 19.1 Å². The first-order chi connectivity index (χ1) is 8.56. The number of hydrogen-bond donors (Lipinski definition) is 2. The molecule has 1 amide bonds. The Morgan fingerprint density at radius 2 is 1.94 bits per heavy atom. The third-order valence-electron chi connectivity index (χ3n) is 2.52. The van der Waals surface area contributed by atoms with Gasteiger partial charge in [0.05, 0.1) is 7.11 Å². The molecule has 2 N–H and O–H groups in total. The number of esters is 1. The van der Waals surface area contributed by atoms with Crippen molar-refractivity contribution in [1.29, 1.82) is 0 Å². The van der Waals surface area contributed by atoms with E-state index in [0.717, 1.165) is 5.56 Å². The number of carbonyl (C=O) groups excluding carboxylic acids is 2. The lowest BCUT2D eigenvalue weighted by atomic mass is 10.1. The molecule has 0 aliphatic carbocycles. The van der Waals surface area contributed by atoms with Gasteiger partial charge >= 0.3 is 5.97 Å². The highest BCUT2D eigenvalue weighted by Gasteiger charge is 2.21. The van der Waals surface area contributed by atoms with E-state index in [0.29, 0.717) is 12.8 Å². The molecule has 0 saturated heterocycles. The van der Waals surface area contributed by atoms with Crippen molar-refractivity contribution in [2.24, 2.45) is 0 Å². The summed E-state index contributed by atoms with van der Waals surface area (Å²) >= 11 is 0. The normalized spacial score (nSPS) is 11.7. The Kier molecular flexibility index (Phi) is 5.17. The molecule has 0 radical (unpaired) electrons. The Hall–Kier alpha value is -2.04. The van der Waals surface area contributed by atoms with Gasteiger partial charge in [-0.2, -0.15) is 0 Å². The van der Waals surface area contributed by atoms with Crippen LogP contribution in [0.2, 0.25) is 0 Å². The van der Waals surface area contributed by atoms with E-state index in [1.54, 1.807) is 19.1 Å². The molecule has 0 bridgehead atoms. The van der Waals surface area contributed by atoms with Crippen LogP contribution in [0.1, 0.15) is 18.9 Å². The van der Waals surface area contributed by atoms with Gasteiger partial charge in [0.1, 0.15) is 11.8 Å².